The number of carbonyl (C=O) groups is 10. The average Bonchev–Trinajstić information content (AvgIpc) is 4.06. The van der Waals surface area contributed by atoms with Gasteiger partial charge in [-0.05, 0) is 36.2 Å². The zero-order valence-electron chi connectivity index (χ0n) is 44.0. The summed E-state index contributed by atoms with van der Waals surface area (Å²) in [6.45, 7) is 11.5. The van der Waals surface area contributed by atoms with Crippen molar-refractivity contribution in [1.29, 1.82) is 0 Å². The Bertz CT molecular complexity index is 2160. The first-order valence-electron chi connectivity index (χ1n) is 24.9. The lowest BCUT2D eigenvalue weighted by Gasteiger charge is -2.41. The third kappa shape index (κ3) is 15.1. The molecule has 3 N–H and O–H groups in total. The highest BCUT2D eigenvalue weighted by atomic mass is 16.5. The van der Waals surface area contributed by atoms with Gasteiger partial charge >= 0.3 is 5.97 Å². The summed E-state index contributed by atoms with van der Waals surface area (Å²) in [5.74, 6) is -8.26. The molecule has 3 heterocycles. The summed E-state index contributed by atoms with van der Waals surface area (Å²) in [5.41, 5.74) is 0.743. The van der Waals surface area contributed by atoms with Crippen LogP contribution < -0.4 is 10.6 Å². The van der Waals surface area contributed by atoms with E-state index in [0.29, 0.717) is 25.8 Å². The second-order valence-corrected chi connectivity index (χ2v) is 19.8. The summed E-state index contributed by atoms with van der Waals surface area (Å²) in [4.78, 5) is 139. The van der Waals surface area contributed by atoms with Gasteiger partial charge in [-0.15, -0.1) is 0 Å². The molecule has 9 atom stereocenters. The average molecular weight is 1020 g/mol. The number of benzene rings is 1. The zero-order chi connectivity index (χ0) is 54.4. The quantitative estimate of drug-likeness (QED) is 0.101. The van der Waals surface area contributed by atoms with Gasteiger partial charge in [0.25, 0.3) is 23.6 Å². The van der Waals surface area contributed by atoms with Crippen LogP contribution in [0.3, 0.4) is 0 Å². The predicted molar refractivity (Wildman–Crippen MR) is 265 cm³/mol. The Kier molecular flexibility index (Phi) is 22.0. The normalized spacial score (nSPS) is 19.0. The predicted octanol–water partition coefficient (Wildman–Crippen LogP) is 1.58. The first-order valence-corrected chi connectivity index (χ1v) is 24.9. The van der Waals surface area contributed by atoms with Crippen molar-refractivity contribution < 1.29 is 67.3 Å². The second kappa shape index (κ2) is 27.1. The minimum absolute atomic E-state index is 0.0798. The molecule has 1 fully saturated rings. The van der Waals surface area contributed by atoms with E-state index in [1.807, 2.05) is 19.9 Å². The fraction of sp³-hybridized carbons (Fsp3) is 0.615. The highest BCUT2D eigenvalue weighted by Crippen LogP contribution is 2.30. The smallest absolute Gasteiger partial charge is 0.326 e. The molecule has 21 nitrogen and oxygen atoms in total. The van der Waals surface area contributed by atoms with Gasteiger partial charge < -0.3 is 44.7 Å². The minimum atomic E-state index is -1.19. The van der Waals surface area contributed by atoms with Crippen LogP contribution in [0.2, 0.25) is 0 Å². The number of nitrogens with one attached hydrogen (secondary N) is 2. The summed E-state index contributed by atoms with van der Waals surface area (Å²) in [6.07, 6.45) is 3.23. The van der Waals surface area contributed by atoms with Crippen molar-refractivity contribution in [3.05, 3.63) is 60.2 Å². The summed E-state index contributed by atoms with van der Waals surface area (Å²) in [5, 5.41) is 15.5. The van der Waals surface area contributed by atoms with E-state index in [-0.39, 0.29) is 37.8 Å². The van der Waals surface area contributed by atoms with Crippen LogP contribution in [0.15, 0.2) is 54.6 Å². The highest BCUT2D eigenvalue weighted by Gasteiger charge is 2.44. The standard InChI is InChI=1S/C52H75N7O14/c1-12-32(6)47(38(71-10)26-43(64)57-24-16-19-37(57)48(72-11)33(7)49(66)53-36(52(69)70)25-34-17-14-13-15-18-34)56(9)51(68)45(30(2)3)54-50(67)46(31(4)5)55(8)44(65)29-73-35(27-58-39(60)20-21-40(58)61)28-59-41(62)22-23-42(59)63/h13-15,17-18,20-23,30-33,35-38,45-48H,12,16,19,24-29H2,1-11H3,(H,53,66)(H,54,67)(H,69,70)/t32-,33+,36?,37-,38+,45-,46-,47-,48+/m0/s1. The summed E-state index contributed by atoms with van der Waals surface area (Å²) in [7, 11) is 5.91. The molecule has 1 unspecified atom stereocenters. The maximum Gasteiger partial charge on any atom is 0.326 e. The molecule has 0 aliphatic carbocycles. The number of likely N-dealkylation sites (tertiary alicyclic amines) is 1. The lowest BCUT2D eigenvalue weighted by molar-refractivity contribution is -0.150. The molecule has 0 spiro atoms. The number of nitrogens with zero attached hydrogens (tertiary/aromatic N) is 5. The van der Waals surface area contributed by atoms with E-state index in [9.17, 15) is 53.1 Å². The third-order valence-corrected chi connectivity index (χ3v) is 14.1. The van der Waals surface area contributed by atoms with E-state index in [1.54, 1.807) is 70.8 Å². The number of hydrogen-bond donors (Lipinski definition) is 3. The van der Waals surface area contributed by atoms with E-state index in [1.165, 1.54) is 31.1 Å². The minimum Gasteiger partial charge on any atom is -0.480 e. The molecule has 3 aliphatic heterocycles. The molecule has 73 heavy (non-hydrogen) atoms. The Balaban J connectivity index is 1.46. The second-order valence-electron chi connectivity index (χ2n) is 19.8. The Morgan fingerprint density at radius 2 is 1.33 bits per heavy atom. The molecule has 4 rings (SSSR count). The number of rotatable bonds is 28. The van der Waals surface area contributed by atoms with Crippen LogP contribution in [0.25, 0.3) is 0 Å². The number of carboxylic acids is 1. The molecular weight excluding hydrogens is 947 g/mol. The Morgan fingerprint density at radius 3 is 1.81 bits per heavy atom. The van der Waals surface area contributed by atoms with Crippen molar-refractivity contribution in [3.63, 3.8) is 0 Å². The molecule has 1 saturated heterocycles. The first kappa shape index (κ1) is 59.2. The number of likely N-dealkylation sites (N-methyl/N-ethyl adjacent to an activating group) is 2. The van der Waals surface area contributed by atoms with Crippen molar-refractivity contribution >= 4 is 59.1 Å². The Hall–Kier alpha value is -6.32. The fourth-order valence-corrected chi connectivity index (χ4v) is 9.80. The highest BCUT2D eigenvalue weighted by molar-refractivity contribution is 6.13. The largest absolute Gasteiger partial charge is 0.480 e. The number of methoxy groups -OCH3 is 2. The van der Waals surface area contributed by atoms with Crippen molar-refractivity contribution in [1.82, 2.24) is 35.1 Å². The van der Waals surface area contributed by atoms with Gasteiger partial charge in [-0.3, -0.25) is 53.0 Å². The summed E-state index contributed by atoms with van der Waals surface area (Å²) >= 11 is 0. The molecule has 21 heteroatoms. The Morgan fingerprint density at radius 1 is 0.767 bits per heavy atom. The van der Waals surface area contributed by atoms with Crippen LogP contribution in [-0.2, 0) is 68.6 Å². The molecule has 9 amide bonds. The van der Waals surface area contributed by atoms with E-state index < -0.39 is 126 Å². The van der Waals surface area contributed by atoms with Crippen LogP contribution in [-0.4, -0.2) is 192 Å². The van der Waals surface area contributed by atoms with Crippen LogP contribution in [0, 0.1) is 23.7 Å². The first-order chi connectivity index (χ1) is 34.5. The van der Waals surface area contributed by atoms with E-state index in [0.717, 1.165) is 39.7 Å². The van der Waals surface area contributed by atoms with Gasteiger partial charge in [0, 0.05) is 65.6 Å². The number of aliphatic carboxylic acids is 1. The van der Waals surface area contributed by atoms with Crippen LogP contribution in [0.4, 0.5) is 0 Å². The van der Waals surface area contributed by atoms with E-state index >= 15 is 0 Å². The molecule has 0 radical (unpaired) electrons. The molecule has 0 aromatic heterocycles. The number of imide groups is 2. The van der Waals surface area contributed by atoms with Crippen LogP contribution in [0.1, 0.15) is 79.7 Å². The van der Waals surface area contributed by atoms with Crippen LogP contribution >= 0.6 is 0 Å². The molecule has 0 bridgehead atoms. The third-order valence-electron chi connectivity index (χ3n) is 14.1. The van der Waals surface area contributed by atoms with Gasteiger partial charge in [-0.1, -0.05) is 85.2 Å². The van der Waals surface area contributed by atoms with Crippen molar-refractivity contribution in [3.8, 4) is 0 Å². The van der Waals surface area contributed by atoms with Gasteiger partial charge in [0.05, 0.1) is 55.8 Å². The molecule has 0 saturated carbocycles. The fourth-order valence-electron chi connectivity index (χ4n) is 9.80. The number of ether oxygens (including phenoxy) is 3. The lowest BCUT2D eigenvalue weighted by Crippen LogP contribution is -2.60. The van der Waals surface area contributed by atoms with Crippen LogP contribution in [0.5, 0.6) is 0 Å². The van der Waals surface area contributed by atoms with Gasteiger partial charge in [-0.25, -0.2) is 4.79 Å². The molecule has 1 aromatic rings. The van der Waals surface area contributed by atoms with Gasteiger partial charge in [-0.2, -0.15) is 0 Å². The molecule has 3 aliphatic rings. The van der Waals surface area contributed by atoms with Gasteiger partial charge in [0.15, 0.2) is 0 Å². The van der Waals surface area contributed by atoms with Crippen molar-refractivity contribution in [2.45, 2.75) is 129 Å². The van der Waals surface area contributed by atoms with Gasteiger partial charge in [0.2, 0.25) is 29.5 Å². The van der Waals surface area contributed by atoms with Gasteiger partial charge in [0.1, 0.15) is 24.7 Å². The number of carbonyl (C=O) groups excluding carboxylic acids is 9. The Labute approximate surface area is 427 Å². The molecule has 402 valence electrons. The maximum absolute atomic E-state index is 14.7. The van der Waals surface area contributed by atoms with E-state index in [4.69, 9.17) is 14.2 Å². The number of amides is 9. The number of carboxylic acid groups (broad SMARTS) is 1. The lowest BCUT2D eigenvalue weighted by atomic mass is 9.89. The van der Waals surface area contributed by atoms with Crippen molar-refractivity contribution in [2.24, 2.45) is 23.7 Å². The topological polar surface area (TPSA) is 259 Å². The summed E-state index contributed by atoms with van der Waals surface area (Å²) in [6, 6.07) is 4.38. The number of hydrogen-bond acceptors (Lipinski definition) is 13. The van der Waals surface area contributed by atoms with E-state index in [2.05, 4.69) is 10.6 Å². The monoisotopic (exact) mass is 1020 g/mol. The zero-order valence-corrected chi connectivity index (χ0v) is 44.0. The SMILES string of the molecule is CC[C@H](C)[C@@H]([C@@H](CC(=O)N1CCC[C@H]1[C@H](OC)[C@@H](C)C(=O)NC(Cc1ccccc1)C(=O)O)OC)N(C)C(=O)[C@@H](NC(=O)[C@H](C(C)C)N(C)C(=O)COC(CN1C(=O)C=CC1=O)CN1C(=O)C=CC1=O)C(C)C. The maximum atomic E-state index is 14.7. The molecule has 1 aromatic carbocycles. The summed E-state index contributed by atoms with van der Waals surface area (Å²) < 4.78 is 17.8. The van der Waals surface area contributed by atoms with Crippen molar-refractivity contribution in [2.75, 3.05) is 54.6 Å². The molecular formula is C52H75N7O14.